The van der Waals surface area contributed by atoms with E-state index in [0.717, 1.165) is 23.5 Å². The first-order valence-electron chi connectivity index (χ1n) is 7.69. The monoisotopic (exact) mass is 404 g/mol. The number of thiazole rings is 1. The van der Waals surface area contributed by atoms with Crippen LogP contribution in [0.3, 0.4) is 0 Å². The molecule has 0 aliphatic rings. The number of nitrogens with zero attached hydrogens (tertiary/aromatic N) is 2. The maximum atomic E-state index is 12.6. The molecule has 3 aromatic rings. The van der Waals surface area contributed by atoms with Gasteiger partial charge < -0.3 is 15.8 Å². The zero-order chi connectivity index (χ0) is 20.3. The van der Waals surface area contributed by atoms with Crippen LogP contribution in [-0.2, 0) is 0 Å². The topological polar surface area (TPSA) is 101 Å². The summed E-state index contributed by atoms with van der Waals surface area (Å²) in [5.74, 6) is -0.672. The number of ketones is 1. The van der Waals surface area contributed by atoms with Crippen molar-refractivity contribution in [2.75, 3.05) is 11.1 Å². The zero-order valence-electron chi connectivity index (χ0n) is 13.9. The lowest BCUT2D eigenvalue weighted by molar-refractivity contribution is -0.274. The van der Waals surface area contributed by atoms with E-state index in [1.54, 1.807) is 0 Å². The van der Waals surface area contributed by atoms with Gasteiger partial charge in [-0.3, -0.25) is 4.79 Å². The predicted octanol–water partition coefficient (Wildman–Crippen LogP) is 4.47. The molecule has 1 heterocycles. The van der Waals surface area contributed by atoms with Crippen molar-refractivity contribution in [1.82, 2.24) is 4.98 Å². The van der Waals surface area contributed by atoms with Crippen LogP contribution in [0.25, 0.3) is 0 Å². The van der Waals surface area contributed by atoms with E-state index in [1.807, 2.05) is 6.07 Å². The van der Waals surface area contributed by atoms with Crippen LogP contribution < -0.4 is 15.8 Å². The molecule has 10 heteroatoms. The van der Waals surface area contributed by atoms with Crippen molar-refractivity contribution < 1.29 is 22.7 Å². The Morgan fingerprint density at radius 1 is 1.14 bits per heavy atom. The molecule has 28 heavy (non-hydrogen) atoms. The molecule has 1 aromatic heterocycles. The first-order chi connectivity index (χ1) is 13.2. The number of ether oxygens (including phenoxy) is 1. The summed E-state index contributed by atoms with van der Waals surface area (Å²) in [5, 5.41) is 12.0. The second-order valence-electron chi connectivity index (χ2n) is 5.45. The molecule has 0 radical (unpaired) electrons. The Balaban J connectivity index is 1.75. The third kappa shape index (κ3) is 4.57. The van der Waals surface area contributed by atoms with Gasteiger partial charge in [0.05, 0.1) is 11.6 Å². The Morgan fingerprint density at radius 2 is 1.79 bits per heavy atom. The van der Waals surface area contributed by atoms with Crippen LogP contribution in [0.1, 0.15) is 20.8 Å². The average molecular weight is 404 g/mol. The molecular weight excluding hydrogens is 393 g/mol. The maximum Gasteiger partial charge on any atom is 0.573 e. The fraction of sp³-hybridized carbons (Fsp3) is 0.0556. The van der Waals surface area contributed by atoms with Gasteiger partial charge in [0.1, 0.15) is 16.4 Å². The number of alkyl halides is 3. The van der Waals surface area contributed by atoms with Gasteiger partial charge >= 0.3 is 6.36 Å². The predicted molar refractivity (Wildman–Crippen MR) is 97.5 cm³/mol. The van der Waals surface area contributed by atoms with Gasteiger partial charge in [-0.25, -0.2) is 4.98 Å². The van der Waals surface area contributed by atoms with Crippen LogP contribution in [0.5, 0.6) is 5.75 Å². The van der Waals surface area contributed by atoms with Crippen LogP contribution in [0.15, 0.2) is 48.5 Å². The molecule has 2 aromatic carbocycles. The number of aromatic nitrogens is 1. The molecule has 0 amide bonds. The Labute approximate surface area is 161 Å². The maximum absolute atomic E-state index is 12.6. The van der Waals surface area contributed by atoms with Gasteiger partial charge in [-0.2, -0.15) is 5.26 Å². The first-order valence-corrected chi connectivity index (χ1v) is 8.51. The number of nitrogens with one attached hydrogen (secondary N) is 1. The molecule has 0 aliphatic heterocycles. The van der Waals surface area contributed by atoms with Crippen LogP contribution in [0.2, 0.25) is 0 Å². The van der Waals surface area contributed by atoms with Crippen LogP contribution in [0, 0.1) is 11.3 Å². The van der Waals surface area contributed by atoms with Crippen molar-refractivity contribution in [1.29, 1.82) is 5.26 Å². The SMILES string of the molecule is N#Cc1ccc(C(=O)c2sc(Nc3ccc(OC(F)(F)F)cc3)nc2N)cc1. The van der Waals surface area contributed by atoms with Gasteiger partial charge in [-0.1, -0.05) is 11.3 Å². The number of halogens is 3. The number of nitrogen functional groups attached to an aromatic ring is 1. The highest BCUT2D eigenvalue weighted by Gasteiger charge is 2.31. The molecule has 0 aliphatic carbocycles. The molecule has 0 unspecified atom stereocenters. The molecule has 0 atom stereocenters. The molecule has 6 nitrogen and oxygen atoms in total. The summed E-state index contributed by atoms with van der Waals surface area (Å²) in [4.78, 5) is 16.8. The van der Waals surface area contributed by atoms with Crippen molar-refractivity contribution >= 4 is 33.8 Å². The number of carbonyl (C=O) groups excluding carboxylic acids is 1. The lowest BCUT2D eigenvalue weighted by Gasteiger charge is -2.09. The van der Waals surface area contributed by atoms with Crippen molar-refractivity contribution in [3.63, 3.8) is 0 Å². The van der Waals surface area contributed by atoms with E-state index in [1.165, 1.54) is 36.4 Å². The normalized spacial score (nSPS) is 10.9. The van der Waals surface area contributed by atoms with Gasteiger partial charge in [0.25, 0.3) is 0 Å². The summed E-state index contributed by atoms with van der Waals surface area (Å²) in [6, 6.07) is 13.1. The van der Waals surface area contributed by atoms with Gasteiger partial charge in [-0.15, -0.1) is 13.2 Å². The van der Waals surface area contributed by atoms with Crippen molar-refractivity contribution in [3.8, 4) is 11.8 Å². The summed E-state index contributed by atoms with van der Waals surface area (Å²) in [6.07, 6.45) is -4.76. The Hall–Kier alpha value is -3.58. The lowest BCUT2D eigenvalue weighted by atomic mass is 10.1. The molecule has 0 bridgehead atoms. The van der Waals surface area contributed by atoms with E-state index >= 15 is 0 Å². The molecule has 0 spiro atoms. The minimum Gasteiger partial charge on any atom is -0.406 e. The smallest absolute Gasteiger partial charge is 0.406 e. The minimum atomic E-state index is -4.76. The summed E-state index contributed by atoms with van der Waals surface area (Å²) in [5.41, 5.74) is 7.05. The van der Waals surface area contributed by atoms with Crippen LogP contribution >= 0.6 is 11.3 Å². The third-order valence-electron chi connectivity index (χ3n) is 3.47. The van der Waals surface area contributed by atoms with Crippen LogP contribution in [0.4, 0.5) is 29.8 Å². The first kappa shape index (κ1) is 19.2. The molecule has 142 valence electrons. The Morgan fingerprint density at radius 3 is 2.36 bits per heavy atom. The molecule has 3 N–H and O–H groups in total. The van der Waals surface area contributed by atoms with E-state index in [4.69, 9.17) is 11.0 Å². The van der Waals surface area contributed by atoms with Gasteiger partial charge in [0, 0.05) is 11.3 Å². The number of rotatable bonds is 5. The molecule has 0 saturated heterocycles. The van der Waals surface area contributed by atoms with Gasteiger partial charge in [0.2, 0.25) is 5.78 Å². The summed E-state index contributed by atoms with van der Waals surface area (Å²) in [7, 11) is 0. The number of nitrogens with two attached hydrogens (primary N) is 1. The Bertz CT molecular complexity index is 1040. The zero-order valence-corrected chi connectivity index (χ0v) is 14.8. The number of hydrogen-bond donors (Lipinski definition) is 2. The molecule has 3 rings (SSSR count). The van der Waals surface area contributed by atoms with E-state index in [2.05, 4.69) is 15.0 Å². The van der Waals surface area contributed by atoms with Crippen molar-refractivity contribution in [2.24, 2.45) is 0 Å². The highest BCUT2D eigenvalue weighted by Crippen LogP contribution is 2.31. The average Bonchev–Trinajstić information content (AvgIpc) is 3.02. The molecule has 0 saturated carbocycles. The summed E-state index contributed by atoms with van der Waals surface area (Å²) < 4.78 is 40.4. The second-order valence-corrected chi connectivity index (χ2v) is 6.45. The highest BCUT2D eigenvalue weighted by atomic mass is 32.1. The quantitative estimate of drug-likeness (QED) is 0.609. The fourth-order valence-electron chi connectivity index (χ4n) is 2.24. The van der Waals surface area contributed by atoms with E-state index < -0.39 is 6.36 Å². The molecule has 0 fully saturated rings. The Kier molecular flexibility index (Phi) is 5.19. The van der Waals surface area contributed by atoms with E-state index in [9.17, 15) is 18.0 Å². The number of benzene rings is 2. The third-order valence-corrected chi connectivity index (χ3v) is 4.46. The second kappa shape index (κ2) is 7.58. The highest BCUT2D eigenvalue weighted by molar-refractivity contribution is 7.18. The number of anilines is 3. The number of hydrogen-bond acceptors (Lipinski definition) is 7. The summed E-state index contributed by atoms with van der Waals surface area (Å²) >= 11 is 1.01. The minimum absolute atomic E-state index is 0.0267. The molecular formula is C18H11F3N4O2S. The van der Waals surface area contributed by atoms with Crippen molar-refractivity contribution in [2.45, 2.75) is 6.36 Å². The number of carbonyl (C=O) groups is 1. The largest absolute Gasteiger partial charge is 0.573 e. The van der Waals surface area contributed by atoms with Crippen LogP contribution in [-0.4, -0.2) is 17.1 Å². The van der Waals surface area contributed by atoms with Gasteiger partial charge in [-0.05, 0) is 48.5 Å². The number of nitriles is 1. The van der Waals surface area contributed by atoms with E-state index in [0.29, 0.717) is 21.9 Å². The fourth-order valence-corrected chi connectivity index (χ4v) is 3.11. The summed E-state index contributed by atoms with van der Waals surface area (Å²) in [6.45, 7) is 0. The standard InChI is InChI=1S/C18H11F3N4O2S/c19-18(20,21)27-13-7-5-12(6-8-13)24-17-25-16(23)15(28-17)14(26)11-3-1-10(9-22)2-4-11/h1-8H,23H2,(H,24,25). The lowest BCUT2D eigenvalue weighted by Crippen LogP contribution is -2.16. The van der Waals surface area contributed by atoms with E-state index in [-0.39, 0.29) is 22.2 Å². The van der Waals surface area contributed by atoms with Crippen molar-refractivity contribution in [3.05, 3.63) is 64.5 Å². The van der Waals surface area contributed by atoms with Gasteiger partial charge in [0.15, 0.2) is 5.13 Å².